The first-order valence-electron chi connectivity index (χ1n) is 6.15. The lowest BCUT2D eigenvalue weighted by Crippen LogP contribution is -2.11. The number of benzene rings is 1. The molecule has 0 bridgehead atoms. The zero-order valence-corrected chi connectivity index (χ0v) is 13.2. The number of anilines is 1. The van der Waals surface area contributed by atoms with Crippen LogP contribution in [-0.2, 0) is 0 Å². The van der Waals surface area contributed by atoms with Crippen LogP contribution in [0.15, 0.2) is 59.5 Å². The van der Waals surface area contributed by atoms with Gasteiger partial charge in [0.25, 0.3) is 5.91 Å². The number of carbonyl (C=O) groups is 1. The summed E-state index contributed by atoms with van der Waals surface area (Å²) in [5.41, 5.74) is 1.57. The molecule has 104 valence electrons. The number of amides is 1. The number of hydrogen-bond acceptors (Lipinski definition) is 4. The van der Waals surface area contributed by atoms with Gasteiger partial charge in [-0.05, 0) is 27.6 Å². The fraction of sp³-hybridized carbons (Fsp3) is 0. The van der Waals surface area contributed by atoms with Crippen molar-refractivity contribution in [3.63, 3.8) is 0 Å². The van der Waals surface area contributed by atoms with Crippen LogP contribution in [0.4, 0.5) is 5.13 Å². The van der Waals surface area contributed by atoms with Gasteiger partial charge in [-0.25, -0.2) is 4.98 Å². The van der Waals surface area contributed by atoms with Crippen molar-refractivity contribution in [2.24, 2.45) is 0 Å². The number of nitrogens with zero attached hydrogens (tertiary/aromatic N) is 2. The van der Waals surface area contributed by atoms with Crippen LogP contribution in [0.1, 0.15) is 10.4 Å². The summed E-state index contributed by atoms with van der Waals surface area (Å²) in [4.78, 5) is 21.3. The van der Waals surface area contributed by atoms with E-state index in [9.17, 15) is 4.79 Å². The normalized spacial score (nSPS) is 10.3. The summed E-state index contributed by atoms with van der Waals surface area (Å²) >= 11 is 4.73. The number of pyridine rings is 1. The van der Waals surface area contributed by atoms with E-state index in [-0.39, 0.29) is 5.91 Å². The smallest absolute Gasteiger partial charge is 0.259 e. The van der Waals surface area contributed by atoms with Gasteiger partial charge in [-0.1, -0.05) is 41.7 Å². The van der Waals surface area contributed by atoms with E-state index in [4.69, 9.17) is 0 Å². The number of hydrogen-bond donors (Lipinski definition) is 1. The summed E-state index contributed by atoms with van der Waals surface area (Å²) in [6.45, 7) is 0. The Morgan fingerprint density at radius 3 is 2.71 bits per heavy atom. The highest BCUT2D eigenvalue weighted by Gasteiger charge is 2.10. The maximum atomic E-state index is 12.1. The van der Waals surface area contributed by atoms with E-state index in [0.717, 1.165) is 14.9 Å². The van der Waals surface area contributed by atoms with E-state index in [1.807, 2.05) is 30.3 Å². The Balaban J connectivity index is 1.77. The van der Waals surface area contributed by atoms with Crippen LogP contribution in [0.25, 0.3) is 10.4 Å². The molecule has 2 aromatic heterocycles. The highest BCUT2D eigenvalue weighted by molar-refractivity contribution is 9.10. The molecule has 0 fully saturated rings. The molecular formula is C15H10BrN3OS. The third-order valence-electron chi connectivity index (χ3n) is 2.75. The summed E-state index contributed by atoms with van der Waals surface area (Å²) in [5, 5.41) is 3.35. The summed E-state index contributed by atoms with van der Waals surface area (Å²) in [7, 11) is 0. The lowest BCUT2D eigenvalue weighted by molar-refractivity contribution is 0.102. The fourth-order valence-corrected chi connectivity index (χ4v) is 2.95. The molecular weight excluding hydrogens is 350 g/mol. The Bertz CT molecular complexity index is 773. The monoisotopic (exact) mass is 359 g/mol. The minimum atomic E-state index is -0.224. The number of thiazole rings is 1. The Hall–Kier alpha value is -2.05. The molecule has 3 rings (SSSR count). The average molecular weight is 360 g/mol. The third-order valence-corrected chi connectivity index (χ3v) is 4.15. The van der Waals surface area contributed by atoms with E-state index in [1.165, 1.54) is 17.5 Å². The maximum Gasteiger partial charge on any atom is 0.259 e. The Labute approximate surface area is 134 Å². The number of carbonyl (C=O) groups excluding carboxylic acids is 1. The summed E-state index contributed by atoms with van der Waals surface area (Å²) < 4.78 is 0.763. The van der Waals surface area contributed by atoms with E-state index >= 15 is 0 Å². The molecule has 0 saturated carbocycles. The van der Waals surface area contributed by atoms with Crippen molar-refractivity contribution in [3.8, 4) is 10.4 Å². The van der Waals surface area contributed by atoms with Gasteiger partial charge < -0.3 is 0 Å². The fourth-order valence-electron chi connectivity index (χ4n) is 1.77. The second-order valence-corrected chi connectivity index (χ2v) is 6.19. The molecule has 1 amide bonds. The van der Waals surface area contributed by atoms with E-state index in [1.54, 1.807) is 18.5 Å². The predicted molar refractivity (Wildman–Crippen MR) is 87.4 cm³/mol. The van der Waals surface area contributed by atoms with Gasteiger partial charge >= 0.3 is 0 Å². The van der Waals surface area contributed by atoms with Crippen LogP contribution in [0.5, 0.6) is 0 Å². The van der Waals surface area contributed by atoms with Gasteiger partial charge in [0.05, 0.1) is 10.4 Å². The minimum Gasteiger partial charge on any atom is -0.298 e. The van der Waals surface area contributed by atoms with Gasteiger partial charge in [0.15, 0.2) is 5.13 Å². The average Bonchev–Trinajstić information content (AvgIpc) is 2.97. The highest BCUT2D eigenvalue weighted by atomic mass is 79.9. The largest absolute Gasteiger partial charge is 0.298 e. The summed E-state index contributed by atoms with van der Waals surface area (Å²) in [5.74, 6) is -0.224. The molecule has 0 unspecified atom stereocenters. The molecule has 2 heterocycles. The lowest BCUT2D eigenvalue weighted by atomic mass is 10.2. The van der Waals surface area contributed by atoms with Crippen molar-refractivity contribution in [3.05, 3.63) is 65.0 Å². The number of halogens is 1. The van der Waals surface area contributed by atoms with Crippen molar-refractivity contribution in [2.45, 2.75) is 0 Å². The zero-order chi connectivity index (χ0) is 14.7. The zero-order valence-electron chi connectivity index (χ0n) is 10.8. The standard InChI is InChI=1S/C15H10BrN3OS/c16-12-6-11(7-17-8-12)14(20)19-15-18-9-13(21-15)10-4-2-1-3-5-10/h1-9H,(H,18,19,20). The topological polar surface area (TPSA) is 54.9 Å². The van der Waals surface area contributed by atoms with E-state index in [2.05, 4.69) is 31.2 Å². The lowest BCUT2D eigenvalue weighted by Gasteiger charge is -2.01. The van der Waals surface area contributed by atoms with Crippen LogP contribution < -0.4 is 5.32 Å². The molecule has 21 heavy (non-hydrogen) atoms. The Kier molecular flexibility index (Phi) is 4.08. The number of rotatable bonds is 3. The molecule has 0 atom stereocenters. The molecule has 0 aliphatic rings. The molecule has 0 radical (unpaired) electrons. The van der Waals surface area contributed by atoms with Gasteiger partial charge in [-0.2, -0.15) is 0 Å². The maximum absolute atomic E-state index is 12.1. The van der Waals surface area contributed by atoms with Crippen LogP contribution in [-0.4, -0.2) is 15.9 Å². The van der Waals surface area contributed by atoms with Crippen LogP contribution in [0.3, 0.4) is 0 Å². The first-order valence-corrected chi connectivity index (χ1v) is 7.76. The van der Waals surface area contributed by atoms with Crippen LogP contribution in [0, 0.1) is 0 Å². The summed E-state index contributed by atoms with van der Waals surface area (Å²) in [6.07, 6.45) is 4.91. The highest BCUT2D eigenvalue weighted by Crippen LogP contribution is 2.28. The first kappa shape index (κ1) is 13.9. The summed E-state index contributed by atoms with van der Waals surface area (Å²) in [6, 6.07) is 11.6. The Morgan fingerprint density at radius 2 is 1.95 bits per heavy atom. The third kappa shape index (κ3) is 3.34. The van der Waals surface area contributed by atoms with Crippen molar-refractivity contribution in [1.82, 2.24) is 9.97 Å². The van der Waals surface area contributed by atoms with E-state index < -0.39 is 0 Å². The van der Waals surface area contributed by atoms with Crippen molar-refractivity contribution >= 4 is 38.3 Å². The van der Waals surface area contributed by atoms with Crippen LogP contribution >= 0.6 is 27.3 Å². The van der Waals surface area contributed by atoms with Gasteiger partial charge in [0, 0.05) is 23.1 Å². The molecule has 0 aliphatic carbocycles. The van der Waals surface area contributed by atoms with E-state index in [0.29, 0.717) is 10.7 Å². The van der Waals surface area contributed by atoms with Crippen molar-refractivity contribution in [1.29, 1.82) is 0 Å². The van der Waals surface area contributed by atoms with Gasteiger partial charge in [0.2, 0.25) is 0 Å². The molecule has 4 nitrogen and oxygen atoms in total. The first-order chi connectivity index (χ1) is 10.2. The molecule has 3 aromatic rings. The van der Waals surface area contributed by atoms with Gasteiger partial charge in [-0.15, -0.1) is 0 Å². The SMILES string of the molecule is O=C(Nc1ncc(-c2ccccc2)s1)c1cncc(Br)c1. The second-order valence-electron chi connectivity index (χ2n) is 4.24. The molecule has 6 heteroatoms. The predicted octanol–water partition coefficient (Wildman–Crippen LogP) is 4.22. The quantitative estimate of drug-likeness (QED) is 0.761. The second kappa shape index (κ2) is 6.15. The molecule has 0 aliphatic heterocycles. The van der Waals surface area contributed by atoms with Crippen LogP contribution in [0.2, 0.25) is 0 Å². The van der Waals surface area contributed by atoms with Gasteiger partial charge in [0.1, 0.15) is 0 Å². The molecule has 1 N–H and O–H groups in total. The number of aromatic nitrogens is 2. The van der Waals surface area contributed by atoms with Crippen molar-refractivity contribution < 1.29 is 4.79 Å². The van der Waals surface area contributed by atoms with Gasteiger partial charge in [-0.3, -0.25) is 15.1 Å². The van der Waals surface area contributed by atoms with Crippen molar-refractivity contribution in [2.75, 3.05) is 5.32 Å². The molecule has 0 saturated heterocycles. The Morgan fingerprint density at radius 1 is 1.14 bits per heavy atom. The minimum absolute atomic E-state index is 0.224. The molecule has 1 aromatic carbocycles. The molecule has 0 spiro atoms. The number of nitrogens with one attached hydrogen (secondary N) is 1.